The van der Waals surface area contributed by atoms with Crippen LogP contribution < -0.4 is 10.3 Å². The molecule has 0 bridgehead atoms. The molecule has 0 radical (unpaired) electrons. The van der Waals surface area contributed by atoms with E-state index in [4.69, 9.17) is 10.1 Å². The Morgan fingerprint density at radius 3 is 2.39 bits per heavy atom. The highest BCUT2D eigenvalue weighted by Crippen LogP contribution is 2.34. The number of amides is 1. The highest BCUT2D eigenvalue weighted by molar-refractivity contribution is 7.22. The maximum Gasteiger partial charge on any atom is 0.264 e. The van der Waals surface area contributed by atoms with Gasteiger partial charge in [0.05, 0.1) is 22.0 Å². The van der Waals surface area contributed by atoms with Crippen LogP contribution in [0.25, 0.3) is 10.2 Å². The number of anilines is 1. The summed E-state index contributed by atoms with van der Waals surface area (Å²) in [6.07, 6.45) is 3.67. The van der Waals surface area contributed by atoms with Crippen LogP contribution in [0.2, 0.25) is 0 Å². The Kier molecular flexibility index (Phi) is 5.41. The highest BCUT2D eigenvalue weighted by atomic mass is 32.1. The average molecular weight is 460 g/mol. The summed E-state index contributed by atoms with van der Waals surface area (Å²) < 4.78 is 1.04. The summed E-state index contributed by atoms with van der Waals surface area (Å²) >= 11 is 1.48. The van der Waals surface area contributed by atoms with Gasteiger partial charge >= 0.3 is 0 Å². The molecule has 6 nitrogen and oxygen atoms in total. The summed E-state index contributed by atoms with van der Waals surface area (Å²) in [6, 6.07) is 17.9. The standard InChI is InChI=1S/C26H29N5OS/c1-25(2)14-18(15-26(3,4)30-25)27-16-19-22(17-10-6-5-7-11-17)29-31(23(19)32)24-28-20-12-8-9-13-21(20)33-24/h5-13,16,18-19,30H,14-15H2,1-4H3. The molecule has 0 aliphatic carbocycles. The number of hydrogen-bond acceptors (Lipinski definition) is 6. The third-order valence-corrected chi connectivity index (χ3v) is 7.14. The molecule has 2 aromatic carbocycles. The first-order valence-corrected chi connectivity index (χ1v) is 12.2. The molecule has 2 aliphatic heterocycles. The van der Waals surface area contributed by atoms with Gasteiger partial charge in [-0.1, -0.05) is 53.8 Å². The number of aliphatic imine (C=N–C) groups is 1. The lowest BCUT2D eigenvalue weighted by Crippen LogP contribution is -2.58. The normalized spacial score (nSPS) is 22.9. The van der Waals surface area contributed by atoms with Crippen molar-refractivity contribution in [2.45, 2.75) is 57.7 Å². The van der Waals surface area contributed by atoms with Crippen molar-refractivity contribution in [3.05, 3.63) is 60.2 Å². The van der Waals surface area contributed by atoms with Crippen LogP contribution in [-0.4, -0.2) is 39.9 Å². The van der Waals surface area contributed by atoms with Gasteiger partial charge in [0.15, 0.2) is 0 Å². The monoisotopic (exact) mass is 459 g/mol. The first-order valence-electron chi connectivity index (χ1n) is 11.4. The molecule has 1 N–H and O–H groups in total. The summed E-state index contributed by atoms with van der Waals surface area (Å²) in [7, 11) is 0. The number of nitrogens with zero attached hydrogens (tertiary/aromatic N) is 4. The van der Waals surface area contributed by atoms with E-state index in [1.54, 1.807) is 0 Å². The zero-order chi connectivity index (χ0) is 23.2. The van der Waals surface area contributed by atoms with Crippen LogP contribution in [0.5, 0.6) is 0 Å². The van der Waals surface area contributed by atoms with Gasteiger partial charge in [-0.3, -0.25) is 9.79 Å². The molecule has 1 unspecified atom stereocenters. The second-order valence-corrected chi connectivity index (χ2v) is 11.2. The number of nitrogens with one attached hydrogen (secondary N) is 1. The lowest BCUT2D eigenvalue weighted by Gasteiger charge is -2.45. The van der Waals surface area contributed by atoms with E-state index in [-0.39, 0.29) is 23.0 Å². The zero-order valence-electron chi connectivity index (χ0n) is 19.4. The summed E-state index contributed by atoms with van der Waals surface area (Å²) in [4.78, 5) is 23.2. The van der Waals surface area contributed by atoms with Gasteiger partial charge in [-0.2, -0.15) is 10.1 Å². The number of hydrazone groups is 1. The molecule has 1 fully saturated rings. The van der Waals surface area contributed by atoms with E-state index in [0.29, 0.717) is 5.13 Å². The smallest absolute Gasteiger partial charge is 0.264 e. The van der Waals surface area contributed by atoms with Crippen molar-refractivity contribution in [3.63, 3.8) is 0 Å². The number of rotatable bonds is 4. The second kappa shape index (κ2) is 8.15. The van der Waals surface area contributed by atoms with Crippen molar-refractivity contribution in [1.82, 2.24) is 10.3 Å². The molecule has 33 heavy (non-hydrogen) atoms. The molecule has 1 amide bonds. The SMILES string of the molecule is CC1(C)CC(N=CC2C(=O)N(c3nc4ccccc4s3)N=C2c2ccccc2)CC(C)(C)N1. The van der Waals surface area contributed by atoms with Crippen LogP contribution >= 0.6 is 11.3 Å². The van der Waals surface area contributed by atoms with Gasteiger partial charge in [0.2, 0.25) is 5.13 Å². The van der Waals surface area contributed by atoms with E-state index in [1.165, 1.54) is 16.3 Å². The van der Waals surface area contributed by atoms with Crippen LogP contribution in [0, 0.1) is 5.92 Å². The largest absolute Gasteiger partial charge is 0.307 e. The maximum atomic E-state index is 13.6. The molecule has 0 spiro atoms. The maximum absolute atomic E-state index is 13.6. The molecule has 1 atom stereocenters. The number of fused-ring (bicyclic) bond motifs is 1. The van der Waals surface area contributed by atoms with Crippen LogP contribution in [0.15, 0.2) is 64.7 Å². The third kappa shape index (κ3) is 4.48. The van der Waals surface area contributed by atoms with Gasteiger partial charge in [0.25, 0.3) is 5.91 Å². The van der Waals surface area contributed by atoms with Crippen molar-refractivity contribution in [3.8, 4) is 0 Å². The van der Waals surface area contributed by atoms with Gasteiger partial charge < -0.3 is 5.32 Å². The zero-order valence-corrected chi connectivity index (χ0v) is 20.3. The fraction of sp³-hybridized carbons (Fsp3) is 0.385. The summed E-state index contributed by atoms with van der Waals surface area (Å²) in [5.41, 5.74) is 2.51. The van der Waals surface area contributed by atoms with Crippen molar-refractivity contribution in [2.24, 2.45) is 16.0 Å². The van der Waals surface area contributed by atoms with Crippen LogP contribution in [0.4, 0.5) is 5.13 Å². The molecule has 1 aromatic heterocycles. The minimum Gasteiger partial charge on any atom is -0.307 e. The minimum atomic E-state index is -0.527. The van der Waals surface area contributed by atoms with Crippen molar-refractivity contribution < 1.29 is 4.79 Å². The number of hydrogen-bond donors (Lipinski definition) is 1. The van der Waals surface area contributed by atoms with Gasteiger partial charge in [-0.05, 0) is 58.2 Å². The Bertz CT molecular complexity index is 1190. The third-order valence-electron chi connectivity index (χ3n) is 6.13. The Labute approximate surface area is 198 Å². The molecule has 7 heteroatoms. The number of carbonyl (C=O) groups is 1. The number of benzene rings is 2. The first-order chi connectivity index (χ1) is 15.7. The van der Waals surface area contributed by atoms with E-state index in [0.717, 1.165) is 34.3 Å². The Hall–Kier alpha value is -2.90. The van der Waals surface area contributed by atoms with E-state index < -0.39 is 5.92 Å². The Balaban J connectivity index is 1.48. The van der Waals surface area contributed by atoms with Crippen LogP contribution in [0.1, 0.15) is 46.1 Å². The first kappa shape index (κ1) is 21.9. The molecule has 3 heterocycles. The molecule has 0 saturated carbocycles. The van der Waals surface area contributed by atoms with Gasteiger partial charge in [-0.15, -0.1) is 0 Å². The summed E-state index contributed by atoms with van der Waals surface area (Å²) in [6.45, 7) is 8.84. The molecule has 3 aromatic rings. The van der Waals surface area contributed by atoms with Crippen molar-refractivity contribution in [1.29, 1.82) is 0 Å². The molecular formula is C26H29N5OS. The van der Waals surface area contributed by atoms with Gasteiger partial charge in [-0.25, -0.2) is 4.98 Å². The molecule has 5 rings (SSSR count). The van der Waals surface area contributed by atoms with Crippen molar-refractivity contribution in [2.75, 3.05) is 5.01 Å². The minimum absolute atomic E-state index is 0.00712. The predicted molar refractivity (Wildman–Crippen MR) is 136 cm³/mol. The number of para-hydroxylation sites is 1. The summed E-state index contributed by atoms with van der Waals surface area (Å²) in [5.74, 6) is -0.635. The van der Waals surface area contributed by atoms with Crippen LogP contribution in [-0.2, 0) is 4.79 Å². The highest BCUT2D eigenvalue weighted by Gasteiger charge is 2.40. The number of carbonyl (C=O) groups excluding carboxylic acids is 1. The Morgan fingerprint density at radius 2 is 1.70 bits per heavy atom. The van der Waals surface area contributed by atoms with E-state index >= 15 is 0 Å². The van der Waals surface area contributed by atoms with E-state index in [1.807, 2.05) is 60.8 Å². The van der Waals surface area contributed by atoms with E-state index in [2.05, 4.69) is 38.0 Å². The van der Waals surface area contributed by atoms with Crippen molar-refractivity contribution >= 4 is 44.5 Å². The topological polar surface area (TPSA) is 70.0 Å². The van der Waals surface area contributed by atoms with E-state index in [9.17, 15) is 4.79 Å². The average Bonchev–Trinajstić information content (AvgIpc) is 3.31. The molecule has 1 saturated heterocycles. The Morgan fingerprint density at radius 1 is 1.03 bits per heavy atom. The lowest BCUT2D eigenvalue weighted by molar-refractivity contribution is -0.118. The second-order valence-electron chi connectivity index (χ2n) is 10.2. The lowest BCUT2D eigenvalue weighted by atomic mass is 9.80. The van der Waals surface area contributed by atoms with Gasteiger partial charge in [0.1, 0.15) is 5.92 Å². The van der Waals surface area contributed by atoms with Crippen LogP contribution in [0.3, 0.4) is 0 Å². The quantitative estimate of drug-likeness (QED) is 0.556. The molecular weight excluding hydrogens is 430 g/mol. The fourth-order valence-electron chi connectivity index (χ4n) is 5.12. The fourth-order valence-corrected chi connectivity index (χ4v) is 6.04. The molecule has 2 aliphatic rings. The number of thiazole rings is 1. The summed E-state index contributed by atoms with van der Waals surface area (Å²) in [5, 5.41) is 10.5. The number of piperidine rings is 1. The number of aromatic nitrogens is 1. The predicted octanol–water partition coefficient (Wildman–Crippen LogP) is 5.04. The van der Waals surface area contributed by atoms with Gasteiger partial charge in [0, 0.05) is 17.3 Å². The molecule has 170 valence electrons.